The number of ether oxygens (including phenoxy) is 2. The molecule has 1 atom stereocenters. The molecule has 0 aliphatic carbocycles. The number of benzene rings is 2. The lowest BCUT2D eigenvalue weighted by Gasteiger charge is -2.20. The number of hydrazone groups is 1. The Bertz CT molecular complexity index is 1000. The molecular formula is C21H19ClN2O5. The second-order valence-electron chi connectivity index (χ2n) is 6.53. The van der Waals surface area contributed by atoms with Crippen molar-refractivity contribution in [3.05, 3.63) is 58.6 Å². The lowest BCUT2D eigenvalue weighted by Crippen LogP contribution is -2.24. The molecular weight excluding hydrogens is 396 g/mol. The van der Waals surface area contributed by atoms with Crippen LogP contribution in [0.1, 0.15) is 44.4 Å². The van der Waals surface area contributed by atoms with Gasteiger partial charge >= 0.3 is 11.9 Å². The Morgan fingerprint density at radius 1 is 1.00 bits per heavy atom. The van der Waals surface area contributed by atoms with Crippen molar-refractivity contribution in [2.75, 3.05) is 0 Å². The number of rotatable bonds is 4. The lowest BCUT2D eigenvalue weighted by molar-refractivity contribution is -0.132. The molecule has 2 aromatic carbocycles. The summed E-state index contributed by atoms with van der Waals surface area (Å²) in [6.45, 7) is 4.07. The maximum atomic E-state index is 12.2. The van der Waals surface area contributed by atoms with Crippen molar-refractivity contribution in [2.45, 2.75) is 33.2 Å². The van der Waals surface area contributed by atoms with Crippen molar-refractivity contribution < 1.29 is 23.9 Å². The van der Waals surface area contributed by atoms with Crippen LogP contribution in [0.2, 0.25) is 5.02 Å². The highest BCUT2D eigenvalue weighted by atomic mass is 35.5. The third-order valence-corrected chi connectivity index (χ3v) is 4.50. The maximum Gasteiger partial charge on any atom is 0.308 e. The molecule has 29 heavy (non-hydrogen) atoms. The zero-order valence-electron chi connectivity index (χ0n) is 16.1. The zero-order valence-corrected chi connectivity index (χ0v) is 16.9. The van der Waals surface area contributed by atoms with Gasteiger partial charge in [0.05, 0.1) is 11.8 Å². The molecule has 1 amide bonds. The highest BCUT2D eigenvalue weighted by Gasteiger charge is 2.32. The molecule has 8 heteroatoms. The molecule has 3 rings (SSSR count). The molecule has 150 valence electrons. The molecule has 0 saturated carbocycles. The fourth-order valence-corrected chi connectivity index (χ4v) is 3.29. The molecule has 2 aromatic rings. The molecule has 0 unspecified atom stereocenters. The van der Waals surface area contributed by atoms with Gasteiger partial charge in [0.1, 0.15) is 11.5 Å². The molecule has 1 aliphatic rings. The smallest absolute Gasteiger partial charge is 0.308 e. The van der Waals surface area contributed by atoms with Crippen molar-refractivity contribution in [2.24, 2.45) is 5.10 Å². The summed E-state index contributed by atoms with van der Waals surface area (Å²) < 4.78 is 10.3. The normalized spacial score (nSPS) is 15.7. The van der Waals surface area contributed by atoms with E-state index in [9.17, 15) is 14.4 Å². The molecule has 0 spiro atoms. The summed E-state index contributed by atoms with van der Waals surface area (Å²) >= 11 is 6.13. The van der Waals surface area contributed by atoms with E-state index < -0.39 is 11.9 Å². The third-order valence-electron chi connectivity index (χ3n) is 4.27. The Hall–Kier alpha value is -3.19. The summed E-state index contributed by atoms with van der Waals surface area (Å²) in [6, 6.07) is 11.4. The highest BCUT2D eigenvalue weighted by Crippen LogP contribution is 2.36. The van der Waals surface area contributed by atoms with E-state index in [-0.39, 0.29) is 11.9 Å². The van der Waals surface area contributed by atoms with Crippen LogP contribution in [-0.2, 0) is 14.4 Å². The van der Waals surface area contributed by atoms with Crippen molar-refractivity contribution in [1.29, 1.82) is 0 Å². The number of amides is 1. The first-order chi connectivity index (χ1) is 13.7. The Labute approximate surface area is 172 Å². The zero-order chi connectivity index (χ0) is 21.1. The van der Waals surface area contributed by atoms with Gasteiger partial charge in [-0.3, -0.25) is 14.4 Å². The third kappa shape index (κ3) is 4.81. The van der Waals surface area contributed by atoms with Gasteiger partial charge in [0, 0.05) is 37.8 Å². The molecule has 0 radical (unpaired) electrons. The summed E-state index contributed by atoms with van der Waals surface area (Å²) in [5, 5.41) is 6.30. The van der Waals surface area contributed by atoms with E-state index in [2.05, 4.69) is 5.10 Å². The first kappa shape index (κ1) is 20.5. The molecule has 0 aromatic heterocycles. The lowest BCUT2D eigenvalue weighted by atomic mass is 9.98. The van der Waals surface area contributed by atoms with Gasteiger partial charge in [-0.05, 0) is 35.9 Å². The Kier molecular flexibility index (Phi) is 5.98. The van der Waals surface area contributed by atoms with Crippen LogP contribution in [0.25, 0.3) is 0 Å². The summed E-state index contributed by atoms with van der Waals surface area (Å²) in [5.41, 5.74) is 1.96. The first-order valence-electron chi connectivity index (χ1n) is 8.88. The average Bonchev–Trinajstić information content (AvgIpc) is 3.08. The van der Waals surface area contributed by atoms with Gasteiger partial charge in [0.2, 0.25) is 5.91 Å². The summed E-state index contributed by atoms with van der Waals surface area (Å²) in [7, 11) is 0. The van der Waals surface area contributed by atoms with Crippen molar-refractivity contribution >= 4 is 35.2 Å². The minimum atomic E-state index is -0.465. The molecule has 0 fully saturated rings. The van der Waals surface area contributed by atoms with Crippen LogP contribution in [0.15, 0.2) is 47.6 Å². The monoisotopic (exact) mass is 414 g/mol. The number of carbonyl (C=O) groups excluding carboxylic acids is 3. The first-order valence-corrected chi connectivity index (χ1v) is 9.26. The van der Waals surface area contributed by atoms with Gasteiger partial charge in [0.15, 0.2) is 0 Å². The Balaban J connectivity index is 1.93. The van der Waals surface area contributed by atoms with Crippen LogP contribution < -0.4 is 9.47 Å². The van der Waals surface area contributed by atoms with Crippen LogP contribution in [0.5, 0.6) is 11.5 Å². The number of hydrogen-bond donors (Lipinski definition) is 0. The van der Waals surface area contributed by atoms with Gasteiger partial charge in [0.25, 0.3) is 0 Å². The van der Waals surface area contributed by atoms with E-state index in [1.54, 1.807) is 42.5 Å². The van der Waals surface area contributed by atoms with Crippen LogP contribution in [0, 0.1) is 0 Å². The molecule has 1 aliphatic heterocycles. The minimum absolute atomic E-state index is 0.231. The quantitative estimate of drug-likeness (QED) is 0.559. The van der Waals surface area contributed by atoms with Crippen LogP contribution in [0.4, 0.5) is 0 Å². The Morgan fingerprint density at radius 3 is 2.24 bits per heavy atom. The van der Waals surface area contributed by atoms with Gasteiger partial charge < -0.3 is 9.47 Å². The molecule has 0 bridgehead atoms. The minimum Gasteiger partial charge on any atom is -0.427 e. The average molecular weight is 415 g/mol. The second kappa shape index (κ2) is 8.45. The van der Waals surface area contributed by atoms with Crippen LogP contribution in [0.3, 0.4) is 0 Å². The predicted octanol–water partition coefficient (Wildman–Crippen LogP) is 3.89. The number of carbonyl (C=O) groups is 3. The van der Waals surface area contributed by atoms with Gasteiger partial charge in [-0.15, -0.1) is 0 Å². The molecule has 7 nitrogen and oxygen atoms in total. The number of nitrogens with zero attached hydrogens (tertiary/aromatic N) is 2. The number of hydrogen-bond acceptors (Lipinski definition) is 6. The predicted molar refractivity (Wildman–Crippen MR) is 107 cm³/mol. The fourth-order valence-electron chi connectivity index (χ4n) is 3.12. The van der Waals surface area contributed by atoms with Crippen LogP contribution >= 0.6 is 11.6 Å². The summed E-state index contributed by atoms with van der Waals surface area (Å²) in [4.78, 5) is 34.7. The standard InChI is InChI=1S/C21H19ClN2O5/c1-12(25)24-20(15-4-7-17(8-5-15)28-13(2)26)11-19(23-24)18-10-16(22)6-9-21(18)29-14(3)27/h4-10,20H,11H2,1-3H3/t20-/m1/s1. The van der Waals surface area contributed by atoms with E-state index in [0.717, 1.165) is 5.56 Å². The largest absolute Gasteiger partial charge is 0.427 e. The van der Waals surface area contributed by atoms with E-state index in [4.69, 9.17) is 21.1 Å². The topological polar surface area (TPSA) is 85.3 Å². The SMILES string of the molecule is CC(=O)Oc1ccc([C@H]2CC(c3cc(Cl)ccc3OC(C)=O)=NN2C(C)=O)cc1. The van der Waals surface area contributed by atoms with E-state index in [1.807, 2.05) is 0 Å². The van der Waals surface area contributed by atoms with Gasteiger partial charge in [-0.1, -0.05) is 23.7 Å². The van der Waals surface area contributed by atoms with Crippen molar-refractivity contribution in [3.63, 3.8) is 0 Å². The van der Waals surface area contributed by atoms with Crippen molar-refractivity contribution in [3.8, 4) is 11.5 Å². The highest BCUT2D eigenvalue weighted by molar-refractivity contribution is 6.31. The van der Waals surface area contributed by atoms with Crippen molar-refractivity contribution in [1.82, 2.24) is 5.01 Å². The maximum absolute atomic E-state index is 12.2. The van der Waals surface area contributed by atoms with Crippen LogP contribution in [-0.4, -0.2) is 28.6 Å². The second-order valence-corrected chi connectivity index (χ2v) is 6.96. The number of halogens is 1. The van der Waals surface area contributed by atoms with Gasteiger partial charge in [-0.25, -0.2) is 5.01 Å². The number of esters is 2. The molecule has 0 N–H and O–H groups in total. The molecule has 0 saturated heterocycles. The summed E-state index contributed by atoms with van der Waals surface area (Å²) in [6.07, 6.45) is 0.404. The molecule has 1 heterocycles. The van der Waals surface area contributed by atoms with E-state index in [1.165, 1.54) is 25.8 Å². The summed E-state index contributed by atoms with van der Waals surface area (Å²) in [5.74, 6) is -0.358. The van der Waals surface area contributed by atoms with E-state index >= 15 is 0 Å². The van der Waals surface area contributed by atoms with Gasteiger partial charge in [-0.2, -0.15) is 5.10 Å². The van der Waals surface area contributed by atoms with E-state index in [0.29, 0.717) is 34.2 Å². The Morgan fingerprint density at radius 2 is 1.66 bits per heavy atom. The fraction of sp³-hybridized carbons (Fsp3) is 0.238.